The van der Waals surface area contributed by atoms with E-state index < -0.39 is 0 Å². The summed E-state index contributed by atoms with van der Waals surface area (Å²) in [5.74, 6) is 3.25. The minimum absolute atomic E-state index is 0.318. The highest BCUT2D eigenvalue weighted by Crippen LogP contribution is 2.29. The van der Waals surface area contributed by atoms with Crippen molar-refractivity contribution in [2.75, 3.05) is 11.9 Å². The Morgan fingerprint density at radius 1 is 1.16 bits per heavy atom. The highest BCUT2D eigenvalue weighted by Gasteiger charge is 2.21. The number of aryl methyl sites for hydroxylation is 1. The van der Waals surface area contributed by atoms with Crippen molar-refractivity contribution in [3.63, 3.8) is 0 Å². The molecular weight excluding hydrogens is 238 g/mol. The molecule has 0 spiro atoms. The summed E-state index contributed by atoms with van der Waals surface area (Å²) < 4.78 is 6.11. The molecule has 1 aromatic heterocycles. The molecule has 1 N–H and O–H groups in total. The van der Waals surface area contributed by atoms with E-state index >= 15 is 0 Å². The van der Waals surface area contributed by atoms with Gasteiger partial charge in [-0.05, 0) is 52.4 Å². The van der Waals surface area contributed by atoms with E-state index in [4.69, 9.17) is 4.74 Å². The van der Waals surface area contributed by atoms with Crippen LogP contribution in [0.25, 0.3) is 0 Å². The van der Waals surface area contributed by atoms with E-state index in [0.717, 1.165) is 48.4 Å². The summed E-state index contributed by atoms with van der Waals surface area (Å²) in [7, 11) is 0. The van der Waals surface area contributed by atoms with Crippen LogP contribution in [-0.4, -0.2) is 22.6 Å². The molecule has 0 aromatic carbocycles. The Hall–Kier alpha value is -1.32. The highest BCUT2D eigenvalue weighted by molar-refractivity contribution is 5.48. The first-order chi connectivity index (χ1) is 9.10. The van der Waals surface area contributed by atoms with Gasteiger partial charge in [-0.3, -0.25) is 0 Å². The Kier molecular flexibility index (Phi) is 4.61. The van der Waals surface area contributed by atoms with Crippen LogP contribution in [0.3, 0.4) is 0 Å². The maximum absolute atomic E-state index is 6.11. The van der Waals surface area contributed by atoms with Gasteiger partial charge in [-0.15, -0.1) is 0 Å². The van der Waals surface area contributed by atoms with Gasteiger partial charge in [0.1, 0.15) is 17.7 Å². The average molecular weight is 263 g/mol. The molecule has 0 radical (unpaired) electrons. The van der Waals surface area contributed by atoms with Gasteiger partial charge in [-0.2, -0.15) is 4.98 Å². The molecule has 0 bridgehead atoms. The van der Waals surface area contributed by atoms with E-state index in [-0.39, 0.29) is 0 Å². The Morgan fingerprint density at radius 2 is 1.84 bits per heavy atom. The van der Waals surface area contributed by atoms with Crippen LogP contribution in [0, 0.1) is 19.8 Å². The summed E-state index contributed by atoms with van der Waals surface area (Å²) in [6.07, 6.45) is 5.11. The Labute approximate surface area is 116 Å². The van der Waals surface area contributed by atoms with Crippen LogP contribution in [0.15, 0.2) is 0 Å². The van der Waals surface area contributed by atoms with E-state index in [1.54, 1.807) is 0 Å². The number of rotatable bonds is 4. The zero-order valence-corrected chi connectivity index (χ0v) is 12.5. The van der Waals surface area contributed by atoms with Gasteiger partial charge in [-0.1, -0.05) is 6.92 Å². The van der Waals surface area contributed by atoms with Crippen molar-refractivity contribution >= 4 is 5.82 Å². The van der Waals surface area contributed by atoms with Gasteiger partial charge < -0.3 is 10.1 Å². The van der Waals surface area contributed by atoms with Crippen LogP contribution in [0.5, 0.6) is 5.88 Å². The van der Waals surface area contributed by atoms with Gasteiger partial charge >= 0.3 is 0 Å². The lowest BCUT2D eigenvalue weighted by Gasteiger charge is -2.27. The fourth-order valence-electron chi connectivity index (χ4n) is 2.56. The molecule has 0 aliphatic heterocycles. The van der Waals surface area contributed by atoms with Crippen LogP contribution < -0.4 is 10.1 Å². The van der Waals surface area contributed by atoms with Crippen LogP contribution >= 0.6 is 0 Å². The predicted octanol–water partition coefficient (Wildman–Crippen LogP) is 3.48. The van der Waals surface area contributed by atoms with Crippen molar-refractivity contribution in [2.24, 2.45) is 5.92 Å². The van der Waals surface area contributed by atoms with Crippen molar-refractivity contribution in [1.82, 2.24) is 9.97 Å². The molecule has 106 valence electrons. The summed E-state index contributed by atoms with van der Waals surface area (Å²) >= 11 is 0. The molecule has 4 nitrogen and oxygen atoms in total. The number of nitrogens with one attached hydrogen (secondary N) is 1. The molecule has 0 saturated heterocycles. The fourth-order valence-corrected chi connectivity index (χ4v) is 2.56. The number of nitrogens with zero attached hydrogens (tertiary/aromatic N) is 2. The molecular formula is C15H25N3O. The molecule has 0 amide bonds. The second-order valence-corrected chi connectivity index (χ2v) is 5.58. The van der Waals surface area contributed by atoms with Crippen LogP contribution in [-0.2, 0) is 0 Å². The maximum Gasteiger partial charge on any atom is 0.222 e. The van der Waals surface area contributed by atoms with Gasteiger partial charge in [0.2, 0.25) is 5.88 Å². The minimum atomic E-state index is 0.318. The van der Waals surface area contributed by atoms with Crippen LogP contribution in [0.1, 0.15) is 50.9 Å². The molecule has 1 heterocycles. The van der Waals surface area contributed by atoms with Crippen LogP contribution in [0.2, 0.25) is 0 Å². The smallest absolute Gasteiger partial charge is 0.222 e. The monoisotopic (exact) mass is 263 g/mol. The van der Waals surface area contributed by atoms with E-state index in [9.17, 15) is 0 Å². The van der Waals surface area contributed by atoms with E-state index in [2.05, 4.69) is 29.1 Å². The summed E-state index contributed by atoms with van der Waals surface area (Å²) in [4.78, 5) is 8.88. The quantitative estimate of drug-likeness (QED) is 0.903. The lowest BCUT2D eigenvalue weighted by molar-refractivity contribution is 0.129. The third kappa shape index (κ3) is 3.58. The summed E-state index contributed by atoms with van der Waals surface area (Å²) in [6, 6.07) is 0. The lowest BCUT2D eigenvalue weighted by Crippen LogP contribution is -2.24. The number of aromatic nitrogens is 2. The standard InChI is InChI=1S/C15H25N3O/c1-5-16-14-11(3)15(18-12(4)17-14)19-13-8-6-10(2)7-9-13/h10,13H,5-9H2,1-4H3,(H,16,17,18). The summed E-state index contributed by atoms with van der Waals surface area (Å²) in [5.41, 5.74) is 1.02. The second-order valence-electron chi connectivity index (χ2n) is 5.58. The molecule has 2 rings (SSSR count). The average Bonchev–Trinajstić information content (AvgIpc) is 2.38. The number of anilines is 1. The van der Waals surface area contributed by atoms with Gasteiger partial charge in [0, 0.05) is 6.54 Å². The molecule has 1 fully saturated rings. The lowest BCUT2D eigenvalue weighted by atomic mass is 9.89. The third-order valence-electron chi connectivity index (χ3n) is 3.80. The SMILES string of the molecule is CCNc1nc(C)nc(OC2CCC(C)CC2)c1C. The van der Waals surface area contributed by atoms with Crippen molar-refractivity contribution in [3.8, 4) is 5.88 Å². The fraction of sp³-hybridized carbons (Fsp3) is 0.733. The maximum atomic E-state index is 6.11. The zero-order chi connectivity index (χ0) is 13.8. The molecule has 1 aliphatic carbocycles. The van der Waals surface area contributed by atoms with Crippen molar-refractivity contribution in [3.05, 3.63) is 11.4 Å². The Balaban J connectivity index is 2.11. The normalized spacial score (nSPS) is 23.2. The first-order valence-electron chi connectivity index (χ1n) is 7.36. The molecule has 0 atom stereocenters. The van der Waals surface area contributed by atoms with Crippen molar-refractivity contribution < 1.29 is 4.74 Å². The number of hydrogen-bond acceptors (Lipinski definition) is 4. The number of hydrogen-bond donors (Lipinski definition) is 1. The minimum Gasteiger partial charge on any atom is -0.474 e. The molecule has 19 heavy (non-hydrogen) atoms. The van der Waals surface area contributed by atoms with E-state index in [1.165, 1.54) is 12.8 Å². The van der Waals surface area contributed by atoms with Gasteiger partial charge in [0.25, 0.3) is 0 Å². The molecule has 0 unspecified atom stereocenters. The van der Waals surface area contributed by atoms with E-state index in [0.29, 0.717) is 6.10 Å². The van der Waals surface area contributed by atoms with Gasteiger partial charge in [-0.25, -0.2) is 4.98 Å². The number of ether oxygens (including phenoxy) is 1. The largest absolute Gasteiger partial charge is 0.474 e. The molecule has 1 aliphatic rings. The molecule has 4 heteroatoms. The summed E-state index contributed by atoms with van der Waals surface area (Å²) in [5, 5.41) is 3.27. The molecule has 1 aromatic rings. The van der Waals surface area contributed by atoms with Gasteiger partial charge in [0.05, 0.1) is 5.56 Å². The zero-order valence-electron chi connectivity index (χ0n) is 12.5. The van der Waals surface area contributed by atoms with Crippen LogP contribution in [0.4, 0.5) is 5.82 Å². The topological polar surface area (TPSA) is 47.0 Å². The summed E-state index contributed by atoms with van der Waals surface area (Å²) in [6.45, 7) is 9.19. The Bertz CT molecular complexity index is 426. The second kappa shape index (κ2) is 6.22. The first-order valence-corrected chi connectivity index (χ1v) is 7.36. The van der Waals surface area contributed by atoms with E-state index in [1.807, 2.05) is 13.8 Å². The van der Waals surface area contributed by atoms with Gasteiger partial charge in [0.15, 0.2) is 0 Å². The van der Waals surface area contributed by atoms with Crippen molar-refractivity contribution in [2.45, 2.75) is 59.5 Å². The molecule has 1 saturated carbocycles. The predicted molar refractivity (Wildman–Crippen MR) is 77.7 cm³/mol. The first kappa shape index (κ1) is 14.1. The Morgan fingerprint density at radius 3 is 2.47 bits per heavy atom. The highest BCUT2D eigenvalue weighted by atomic mass is 16.5. The van der Waals surface area contributed by atoms with Crippen molar-refractivity contribution in [1.29, 1.82) is 0 Å². The third-order valence-corrected chi connectivity index (χ3v) is 3.80.